The van der Waals surface area contributed by atoms with Crippen LogP contribution in [0.3, 0.4) is 0 Å². The van der Waals surface area contributed by atoms with Crippen LogP contribution in [-0.2, 0) is 9.53 Å². The molecule has 1 N–H and O–H groups in total. The van der Waals surface area contributed by atoms with Crippen LogP contribution in [0.15, 0.2) is 24.3 Å². The van der Waals surface area contributed by atoms with Gasteiger partial charge in [0.15, 0.2) is 0 Å². The van der Waals surface area contributed by atoms with Crippen molar-refractivity contribution in [2.75, 3.05) is 7.11 Å². The number of hydrogen-bond acceptors (Lipinski definition) is 3. The molecular formula is C12H12O4. The number of carboxylic acids is 1. The van der Waals surface area contributed by atoms with E-state index in [-0.39, 0.29) is 17.8 Å². The van der Waals surface area contributed by atoms with Gasteiger partial charge in [-0.2, -0.15) is 0 Å². The van der Waals surface area contributed by atoms with Crippen LogP contribution in [0.4, 0.5) is 0 Å². The monoisotopic (exact) mass is 220 g/mol. The van der Waals surface area contributed by atoms with Gasteiger partial charge in [0.1, 0.15) is 0 Å². The molecule has 0 radical (unpaired) electrons. The second-order valence-electron chi connectivity index (χ2n) is 3.90. The molecule has 4 nitrogen and oxygen atoms in total. The van der Waals surface area contributed by atoms with Gasteiger partial charge in [-0.3, -0.25) is 4.79 Å². The molecule has 0 aromatic heterocycles. The van der Waals surface area contributed by atoms with Crippen LogP contribution in [0.2, 0.25) is 0 Å². The number of rotatable bonds is 3. The van der Waals surface area contributed by atoms with Crippen molar-refractivity contribution >= 4 is 11.9 Å². The standard InChI is InChI=1S/C12H12O4/c1-16-12(15)8-4-2-7(3-5-8)9-6-10(9)11(13)14/h2-5,9-10H,6H2,1H3,(H,13,14)/t9-,10+/m0/s1. The van der Waals surface area contributed by atoms with Crippen molar-refractivity contribution in [3.63, 3.8) is 0 Å². The zero-order chi connectivity index (χ0) is 11.7. The molecule has 84 valence electrons. The molecule has 0 aliphatic heterocycles. The molecule has 16 heavy (non-hydrogen) atoms. The smallest absolute Gasteiger partial charge is 0.337 e. The summed E-state index contributed by atoms with van der Waals surface area (Å²) in [5.74, 6) is -1.28. The number of carbonyl (C=O) groups excluding carboxylic acids is 1. The number of hydrogen-bond donors (Lipinski definition) is 1. The third-order valence-corrected chi connectivity index (χ3v) is 2.87. The number of ether oxygens (including phenoxy) is 1. The van der Waals surface area contributed by atoms with Gasteiger partial charge in [0.25, 0.3) is 0 Å². The lowest BCUT2D eigenvalue weighted by Gasteiger charge is -2.01. The third-order valence-electron chi connectivity index (χ3n) is 2.87. The predicted molar refractivity (Wildman–Crippen MR) is 56.3 cm³/mol. The van der Waals surface area contributed by atoms with Crippen LogP contribution in [-0.4, -0.2) is 24.2 Å². The molecule has 1 saturated carbocycles. The minimum Gasteiger partial charge on any atom is -0.481 e. The van der Waals surface area contributed by atoms with Crippen molar-refractivity contribution in [2.45, 2.75) is 12.3 Å². The van der Waals surface area contributed by atoms with Crippen molar-refractivity contribution < 1.29 is 19.4 Å². The van der Waals surface area contributed by atoms with Crippen LogP contribution < -0.4 is 0 Å². The molecule has 4 heteroatoms. The minimum atomic E-state index is -0.748. The molecule has 2 rings (SSSR count). The Bertz CT molecular complexity index is 421. The number of benzene rings is 1. The first kappa shape index (κ1) is 10.7. The van der Waals surface area contributed by atoms with E-state index in [0.717, 1.165) is 5.56 Å². The molecule has 0 amide bonds. The lowest BCUT2D eigenvalue weighted by molar-refractivity contribution is -0.138. The highest BCUT2D eigenvalue weighted by atomic mass is 16.5. The van der Waals surface area contributed by atoms with E-state index in [1.807, 2.05) is 0 Å². The first-order valence-corrected chi connectivity index (χ1v) is 5.04. The third kappa shape index (κ3) is 1.91. The number of carboxylic acid groups (broad SMARTS) is 1. The summed E-state index contributed by atoms with van der Waals surface area (Å²) in [4.78, 5) is 21.9. The maximum Gasteiger partial charge on any atom is 0.337 e. The highest BCUT2D eigenvalue weighted by Gasteiger charge is 2.44. The fourth-order valence-corrected chi connectivity index (χ4v) is 1.82. The molecule has 1 fully saturated rings. The summed E-state index contributed by atoms with van der Waals surface area (Å²) in [5.41, 5.74) is 1.46. The van der Waals surface area contributed by atoms with Gasteiger partial charge in [-0.1, -0.05) is 12.1 Å². The summed E-state index contributed by atoms with van der Waals surface area (Å²) in [6, 6.07) is 6.91. The van der Waals surface area contributed by atoms with Crippen molar-refractivity contribution in [2.24, 2.45) is 5.92 Å². The minimum absolute atomic E-state index is 0.101. The molecule has 0 unspecified atom stereocenters. The van der Waals surface area contributed by atoms with Gasteiger partial charge in [-0.25, -0.2) is 4.79 Å². The number of methoxy groups -OCH3 is 1. The number of carbonyl (C=O) groups is 2. The average molecular weight is 220 g/mol. The molecular weight excluding hydrogens is 208 g/mol. The van der Waals surface area contributed by atoms with Gasteiger partial charge in [-0.05, 0) is 30.0 Å². The Hall–Kier alpha value is -1.84. The lowest BCUT2D eigenvalue weighted by atomic mass is 10.1. The van der Waals surface area contributed by atoms with Gasteiger partial charge in [0.2, 0.25) is 0 Å². The van der Waals surface area contributed by atoms with Crippen molar-refractivity contribution in [3.8, 4) is 0 Å². The summed E-state index contributed by atoms with van der Waals surface area (Å²) in [7, 11) is 1.33. The summed E-state index contributed by atoms with van der Waals surface area (Å²) in [6.45, 7) is 0. The Labute approximate surface area is 92.8 Å². The molecule has 1 aliphatic rings. The van der Waals surface area contributed by atoms with E-state index in [0.29, 0.717) is 12.0 Å². The zero-order valence-corrected chi connectivity index (χ0v) is 8.84. The maximum absolute atomic E-state index is 11.2. The Balaban J connectivity index is 2.09. The topological polar surface area (TPSA) is 63.6 Å². The second kappa shape index (κ2) is 3.96. The van der Waals surface area contributed by atoms with Gasteiger partial charge in [0.05, 0.1) is 18.6 Å². The van der Waals surface area contributed by atoms with E-state index in [1.165, 1.54) is 7.11 Å². The molecule has 0 bridgehead atoms. The molecule has 1 aromatic carbocycles. The number of aliphatic carboxylic acids is 1. The quantitative estimate of drug-likeness (QED) is 0.787. The van der Waals surface area contributed by atoms with Gasteiger partial charge in [-0.15, -0.1) is 0 Å². The van der Waals surface area contributed by atoms with Crippen molar-refractivity contribution in [3.05, 3.63) is 35.4 Å². The van der Waals surface area contributed by atoms with E-state index in [9.17, 15) is 9.59 Å². The van der Waals surface area contributed by atoms with Gasteiger partial charge < -0.3 is 9.84 Å². The molecule has 2 atom stereocenters. The SMILES string of the molecule is COC(=O)c1ccc([C@@H]2C[C@H]2C(=O)O)cc1. The first-order valence-electron chi connectivity index (χ1n) is 5.04. The van der Waals surface area contributed by atoms with E-state index < -0.39 is 5.97 Å². The summed E-state index contributed by atoms with van der Waals surface area (Å²) >= 11 is 0. The van der Waals surface area contributed by atoms with Gasteiger partial charge in [0, 0.05) is 0 Å². The van der Waals surface area contributed by atoms with Crippen molar-refractivity contribution in [1.82, 2.24) is 0 Å². The zero-order valence-electron chi connectivity index (χ0n) is 8.84. The lowest BCUT2D eigenvalue weighted by Crippen LogP contribution is -2.01. The largest absolute Gasteiger partial charge is 0.481 e. The van der Waals surface area contributed by atoms with E-state index in [2.05, 4.69) is 4.74 Å². The molecule has 0 saturated heterocycles. The fourth-order valence-electron chi connectivity index (χ4n) is 1.82. The van der Waals surface area contributed by atoms with E-state index in [1.54, 1.807) is 24.3 Å². The molecule has 1 aliphatic carbocycles. The Morgan fingerprint density at radius 1 is 1.31 bits per heavy atom. The Morgan fingerprint density at radius 3 is 2.38 bits per heavy atom. The van der Waals surface area contributed by atoms with Gasteiger partial charge >= 0.3 is 11.9 Å². The van der Waals surface area contributed by atoms with Crippen molar-refractivity contribution in [1.29, 1.82) is 0 Å². The highest BCUT2D eigenvalue weighted by Crippen LogP contribution is 2.47. The first-order chi connectivity index (χ1) is 7.63. The normalized spacial score (nSPS) is 22.6. The maximum atomic E-state index is 11.2. The second-order valence-corrected chi connectivity index (χ2v) is 3.90. The van der Waals surface area contributed by atoms with Crippen LogP contribution in [0, 0.1) is 5.92 Å². The fraction of sp³-hybridized carbons (Fsp3) is 0.333. The van der Waals surface area contributed by atoms with Crippen LogP contribution in [0.1, 0.15) is 28.3 Å². The molecule has 0 heterocycles. The summed E-state index contributed by atoms with van der Waals surface area (Å²) in [5, 5.41) is 8.79. The highest BCUT2D eigenvalue weighted by molar-refractivity contribution is 5.89. The number of esters is 1. The van der Waals surface area contributed by atoms with Crippen LogP contribution in [0.25, 0.3) is 0 Å². The average Bonchev–Trinajstić information content (AvgIpc) is 3.08. The molecule has 1 aromatic rings. The Kier molecular flexibility index (Phi) is 2.64. The Morgan fingerprint density at radius 2 is 1.94 bits per heavy atom. The van der Waals surface area contributed by atoms with Crippen LogP contribution >= 0.6 is 0 Å². The van der Waals surface area contributed by atoms with E-state index >= 15 is 0 Å². The van der Waals surface area contributed by atoms with E-state index in [4.69, 9.17) is 5.11 Å². The predicted octanol–water partition coefficient (Wildman–Crippen LogP) is 1.66. The summed E-state index contributed by atoms with van der Waals surface area (Å²) < 4.78 is 4.58. The summed E-state index contributed by atoms with van der Waals surface area (Å²) in [6.07, 6.45) is 0.687. The molecule has 0 spiro atoms. The van der Waals surface area contributed by atoms with Crippen LogP contribution in [0.5, 0.6) is 0 Å².